The number of rotatable bonds is 3. The van der Waals surface area contributed by atoms with Crippen LogP contribution in [0.2, 0.25) is 0 Å². The highest BCUT2D eigenvalue weighted by Gasteiger charge is 2.44. The van der Waals surface area contributed by atoms with E-state index < -0.39 is 35.0 Å². The molecular formula is C16H11F6NO2. The van der Waals surface area contributed by atoms with Gasteiger partial charge in [-0.05, 0) is 11.5 Å². The van der Waals surface area contributed by atoms with Crippen molar-refractivity contribution >= 4 is 28.0 Å². The summed E-state index contributed by atoms with van der Waals surface area (Å²) in [5, 5.41) is -0.248. The standard InChI is InChI=1S/C16H11F6NO2/c1-23(2)12-9-6-4-3-5-8(9)10(13(24)15(17,18)19)7-11(12)14(25)16(20,21)22/h3-7H,1-2H3. The number of ketones is 2. The van der Waals surface area contributed by atoms with Crippen LogP contribution in [0.1, 0.15) is 20.7 Å². The maximum absolute atomic E-state index is 12.9. The first kappa shape index (κ1) is 18.8. The number of halogens is 6. The normalized spacial score (nSPS) is 12.3. The number of carbonyl (C=O) groups excluding carboxylic acids is 2. The predicted molar refractivity (Wildman–Crippen MR) is 79.0 cm³/mol. The number of Topliss-reactive ketones (excluding diaryl/α,β-unsaturated/α-hetero) is 2. The van der Waals surface area contributed by atoms with Gasteiger partial charge in [-0.1, -0.05) is 24.3 Å². The summed E-state index contributed by atoms with van der Waals surface area (Å²) in [6, 6.07) is 5.54. The Morgan fingerprint density at radius 3 is 1.68 bits per heavy atom. The van der Waals surface area contributed by atoms with E-state index >= 15 is 0 Å². The van der Waals surface area contributed by atoms with Gasteiger partial charge in [0, 0.05) is 25.0 Å². The summed E-state index contributed by atoms with van der Waals surface area (Å²) in [6.07, 6.45) is -10.6. The Hall–Kier alpha value is -2.58. The van der Waals surface area contributed by atoms with Crippen LogP contribution in [0.4, 0.5) is 32.0 Å². The summed E-state index contributed by atoms with van der Waals surface area (Å²) in [4.78, 5) is 24.6. The quantitative estimate of drug-likeness (QED) is 0.599. The number of alkyl halides is 6. The van der Waals surface area contributed by atoms with Crippen molar-refractivity contribution in [3.8, 4) is 0 Å². The zero-order chi connectivity index (χ0) is 19.2. The third-order valence-corrected chi connectivity index (χ3v) is 3.47. The third kappa shape index (κ3) is 3.45. The molecular weight excluding hydrogens is 352 g/mol. The van der Waals surface area contributed by atoms with Gasteiger partial charge in [0.2, 0.25) is 0 Å². The summed E-state index contributed by atoms with van der Waals surface area (Å²) in [6.45, 7) is 0. The van der Waals surface area contributed by atoms with Crippen LogP contribution >= 0.6 is 0 Å². The Morgan fingerprint density at radius 1 is 0.800 bits per heavy atom. The molecule has 134 valence electrons. The smallest absolute Gasteiger partial charge is 0.377 e. The van der Waals surface area contributed by atoms with E-state index in [0.717, 1.165) is 0 Å². The highest BCUT2D eigenvalue weighted by atomic mass is 19.4. The lowest BCUT2D eigenvalue weighted by atomic mass is 9.93. The molecule has 0 aliphatic rings. The molecule has 2 rings (SSSR count). The molecule has 0 spiro atoms. The first-order chi connectivity index (χ1) is 11.4. The SMILES string of the molecule is CN(C)c1c(C(=O)C(F)(F)F)cc(C(=O)C(F)(F)F)c2ccccc12. The number of hydrogen-bond acceptors (Lipinski definition) is 3. The summed E-state index contributed by atoms with van der Waals surface area (Å²) in [5.41, 5.74) is -2.22. The zero-order valence-corrected chi connectivity index (χ0v) is 12.9. The highest BCUT2D eigenvalue weighted by Crippen LogP contribution is 2.37. The van der Waals surface area contributed by atoms with Gasteiger partial charge in [0.15, 0.2) is 0 Å². The molecule has 0 unspecified atom stereocenters. The molecule has 0 amide bonds. The van der Waals surface area contributed by atoms with Crippen LogP contribution in [-0.4, -0.2) is 38.0 Å². The van der Waals surface area contributed by atoms with E-state index in [1.165, 1.54) is 43.3 Å². The summed E-state index contributed by atoms with van der Waals surface area (Å²) < 4.78 is 77.1. The largest absolute Gasteiger partial charge is 0.454 e. The van der Waals surface area contributed by atoms with Crippen molar-refractivity contribution in [2.45, 2.75) is 12.4 Å². The second kappa shape index (κ2) is 6.05. The minimum Gasteiger partial charge on any atom is -0.377 e. The van der Waals surface area contributed by atoms with Crippen molar-refractivity contribution in [2.75, 3.05) is 19.0 Å². The van der Waals surface area contributed by atoms with Crippen molar-refractivity contribution in [1.29, 1.82) is 0 Å². The van der Waals surface area contributed by atoms with Crippen molar-refractivity contribution in [2.24, 2.45) is 0 Å². The van der Waals surface area contributed by atoms with E-state index in [2.05, 4.69) is 0 Å². The number of nitrogens with zero attached hydrogens (tertiary/aromatic N) is 1. The molecule has 0 bridgehead atoms. The fraction of sp³-hybridized carbons (Fsp3) is 0.250. The molecule has 3 nitrogen and oxygen atoms in total. The van der Waals surface area contributed by atoms with Gasteiger partial charge in [0.25, 0.3) is 11.6 Å². The van der Waals surface area contributed by atoms with E-state index in [1.54, 1.807) is 0 Å². The van der Waals surface area contributed by atoms with Crippen LogP contribution in [0.25, 0.3) is 10.8 Å². The lowest BCUT2D eigenvalue weighted by Crippen LogP contribution is -2.28. The molecule has 0 aliphatic heterocycles. The van der Waals surface area contributed by atoms with Crippen molar-refractivity contribution < 1.29 is 35.9 Å². The minimum absolute atomic E-state index is 0.0600. The molecule has 0 radical (unpaired) electrons. The van der Waals surface area contributed by atoms with E-state index in [-0.39, 0.29) is 16.5 Å². The predicted octanol–water partition coefficient (Wildman–Crippen LogP) is 4.40. The Labute approximate surface area is 137 Å². The number of anilines is 1. The Morgan fingerprint density at radius 2 is 1.24 bits per heavy atom. The average molecular weight is 363 g/mol. The molecule has 0 N–H and O–H groups in total. The van der Waals surface area contributed by atoms with Crippen LogP contribution in [0.3, 0.4) is 0 Å². The first-order valence-electron chi connectivity index (χ1n) is 6.81. The van der Waals surface area contributed by atoms with E-state index in [4.69, 9.17) is 0 Å². The maximum atomic E-state index is 12.9. The van der Waals surface area contributed by atoms with Crippen molar-refractivity contribution in [3.63, 3.8) is 0 Å². The molecule has 0 aromatic heterocycles. The second-order valence-corrected chi connectivity index (χ2v) is 5.41. The highest BCUT2D eigenvalue weighted by molar-refractivity contribution is 6.19. The maximum Gasteiger partial charge on any atom is 0.454 e. The summed E-state index contributed by atoms with van der Waals surface area (Å²) >= 11 is 0. The molecule has 0 aliphatic carbocycles. The molecule has 0 heterocycles. The third-order valence-electron chi connectivity index (χ3n) is 3.47. The van der Waals surface area contributed by atoms with Gasteiger partial charge in [-0.25, -0.2) is 0 Å². The number of benzene rings is 2. The summed E-state index contributed by atoms with van der Waals surface area (Å²) in [7, 11) is 2.69. The van der Waals surface area contributed by atoms with Gasteiger partial charge in [-0.15, -0.1) is 0 Å². The van der Waals surface area contributed by atoms with Crippen LogP contribution in [0, 0.1) is 0 Å². The van der Waals surface area contributed by atoms with Gasteiger partial charge in [0.05, 0.1) is 11.3 Å². The monoisotopic (exact) mass is 363 g/mol. The van der Waals surface area contributed by atoms with Gasteiger partial charge in [-0.2, -0.15) is 26.3 Å². The van der Waals surface area contributed by atoms with Crippen LogP contribution in [0.15, 0.2) is 30.3 Å². The zero-order valence-electron chi connectivity index (χ0n) is 12.9. The lowest BCUT2D eigenvalue weighted by Gasteiger charge is -2.22. The molecule has 2 aromatic rings. The Bertz CT molecular complexity index is 852. The topological polar surface area (TPSA) is 37.4 Å². The van der Waals surface area contributed by atoms with Crippen LogP contribution in [-0.2, 0) is 0 Å². The minimum atomic E-state index is -5.30. The Kier molecular flexibility index (Phi) is 4.54. The molecule has 9 heteroatoms. The number of fused-ring (bicyclic) bond motifs is 1. The second-order valence-electron chi connectivity index (χ2n) is 5.41. The number of carbonyl (C=O) groups is 2. The van der Waals surface area contributed by atoms with E-state index in [1.807, 2.05) is 0 Å². The van der Waals surface area contributed by atoms with E-state index in [9.17, 15) is 35.9 Å². The van der Waals surface area contributed by atoms with E-state index in [0.29, 0.717) is 6.07 Å². The molecule has 2 aromatic carbocycles. The van der Waals surface area contributed by atoms with Gasteiger partial charge in [0.1, 0.15) is 0 Å². The fourth-order valence-corrected chi connectivity index (χ4v) is 2.51. The average Bonchev–Trinajstić information content (AvgIpc) is 2.49. The van der Waals surface area contributed by atoms with Crippen LogP contribution in [0.5, 0.6) is 0 Å². The molecule has 0 fully saturated rings. The van der Waals surface area contributed by atoms with Crippen LogP contribution < -0.4 is 4.90 Å². The van der Waals surface area contributed by atoms with Gasteiger partial charge < -0.3 is 4.90 Å². The molecule has 0 saturated heterocycles. The fourth-order valence-electron chi connectivity index (χ4n) is 2.51. The first-order valence-corrected chi connectivity index (χ1v) is 6.81. The van der Waals surface area contributed by atoms with Crippen molar-refractivity contribution in [3.05, 3.63) is 41.5 Å². The van der Waals surface area contributed by atoms with Gasteiger partial charge in [-0.3, -0.25) is 9.59 Å². The molecule has 0 saturated carbocycles. The Balaban J connectivity index is 2.95. The lowest BCUT2D eigenvalue weighted by molar-refractivity contribution is -0.0886. The molecule has 25 heavy (non-hydrogen) atoms. The summed E-state index contributed by atoms with van der Waals surface area (Å²) in [5.74, 6) is -4.64. The number of hydrogen-bond donors (Lipinski definition) is 0. The van der Waals surface area contributed by atoms with Gasteiger partial charge >= 0.3 is 12.4 Å². The molecule has 0 atom stereocenters. The van der Waals surface area contributed by atoms with Crippen molar-refractivity contribution in [1.82, 2.24) is 0 Å².